The summed E-state index contributed by atoms with van der Waals surface area (Å²) < 4.78 is 5.45. The highest BCUT2D eigenvalue weighted by atomic mass is 16.5. The highest BCUT2D eigenvalue weighted by Crippen LogP contribution is 2.29. The second-order valence-electron chi connectivity index (χ2n) is 6.36. The van der Waals surface area contributed by atoms with E-state index in [2.05, 4.69) is 24.1 Å². The maximum Gasteiger partial charge on any atom is 0.123 e. The molecule has 1 aliphatic rings. The third-order valence-corrected chi connectivity index (χ3v) is 4.84. The number of nitrogens with two attached hydrogens (primary N) is 1. The van der Waals surface area contributed by atoms with Gasteiger partial charge >= 0.3 is 0 Å². The average molecular weight is 290 g/mol. The Kier molecular flexibility index (Phi) is 6.52. The molecule has 0 aliphatic heterocycles. The molecular weight excluding hydrogens is 260 g/mol. The van der Waals surface area contributed by atoms with Crippen LogP contribution < -0.4 is 10.5 Å². The first-order chi connectivity index (χ1) is 10.2. The zero-order valence-electron chi connectivity index (χ0n) is 13.6. The van der Waals surface area contributed by atoms with Crippen LogP contribution in [0.3, 0.4) is 0 Å². The van der Waals surface area contributed by atoms with Gasteiger partial charge in [0.15, 0.2) is 0 Å². The van der Waals surface area contributed by atoms with Gasteiger partial charge in [-0.2, -0.15) is 0 Å². The van der Waals surface area contributed by atoms with Gasteiger partial charge in [0.2, 0.25) is 0 Å². The number of likely N-dealkylation sites (N-methyl/N-ethyl adjacent to an activating group) is 1. The van der Waals surface area contributed by atoms with E-state index >= 15 is 0 Å². The number of ether oxygens (including phenoxy) is 1. The van der Waals surface area contributed by atoms with Gasteiger partial charge in [0, 0.05) is 24.7 Å². The molecule has 1 aromatic carbocycles. The van der Waals surface area contributed by atoms with Gasteiger partial charge in [0.05, 0.1) is 7.11 Å². The fourth-order valence-electron chi connectivity index (χ4n) is 3.50. The van der Waals surface area contributed by atoms with Gasteiger partial charge in [-0.1, -0.05) is 50.3 Å². The van der Waals surface area contributed by atoms with Crippen molar-refractivity contribution in [3.8, 4) is 5.75 Å². The Bertz CT molecular complexity index is 415. The standard InChI is InChI=1S/C18H30N2O/c1-20(14-16-10-6-7-11-18(16)21-2)17(13-19)12-15-8-4-3-5-9-15/h6-7,10-11,15,17H,3-5,8-9,12-14,19H2,1-2H3. The smallest absolute Gasteiger partial charge is 0.123 e. The SMILES string of the molecule is COc1ccccc1CN(C)C(CN)CC1CCCCC1. The van der Waals surface area contributed by atoms with Crippen molar-refractivity contribution in [3.05, 3.63) is 29.8 Å². The average Bonchev–Trinajstić information content (AvgIpc) is 2.54. The number of benzene rings is 1. The molecule has 2 N–H and O–H groups in total. The largest absolute Gasteiger partial charge is 0.496 e. The van der Waals surface area contributed by atoms with Crippen LogP contribution in [0.15, 0.2) is 24.3 Å². The van der Waals surface area contributed by atoms with Crippen LogP contribution in [0.4, 0.5) is 0 Å². The number of para-hydroxylation sites is 1. The zero-order chi connectivity index (χ0) is 15.1. The number of nitrogens with zero attached hydrogens (tertiary/aromatic N) is 1. The Labute approximate surface area is 129 Å². The summed E-state index contributed by atoms with van der Waals surface area (Å²) in [5, 5.41) is 0. The summed E-state index contributed by atoms with van der Waals surface area (Å²) >= 11 is 0. The Morgan fingerprint density at radius 1 is 1.24 bits per heavy atom. The molecule has 0 bridgehead atoms. The molecule has 118 valence electrons. The molecule has 1 atom stereocenters. The predicted octanol–water partition coefficient (Wildman–Crippen LogP) is 3.42. The van der Waals surface area contributed by atoms with Gasteiger partial charge < -0.3 is 10.5 Å². The van der Waals surface area contributed by atoms with Crippen molar-refractivity contribution >= 4 is 0 Å². The first kappa shape index (κ1) is 16.3. The van der Waals surface area contributed by atoms with Crippen LogP contribution in [0.25, 0.3) is 0 Å². The number of rotatable bonds is 7. The molecule has 1 aliphatic carbocycles. The normalized spacial score (nSPS) is 17.9. The van der Waals surface area contributed by atoms with E-state index in [4.69, 9.17) is 10.5 Å². The molecule has 3 nitrogen and oxygen atoms in total. The molecule has 1 unspecified atom stereocenters. The van der Waals surface area contributed by atoms with Crippen molar-refractivity contribution < 1.29 is 4.74 Å². The monoisotopic (exact) mass is 290 g/mol. The summed E-state index contributed by atoms with van der Waals surface area (Å²) in [5.74, 6) is 1.84. The van der Waals surface area contributed by atoms with E-state index in [1.165, 1.54) is 44.1 Å². The Morgan fingerprint density at radius 2 is 1.95 bits per heavy atom. The summed E-state index contributed by atoms with van der Waals surface area (Å²) in [5.41, 5.74) is 7.28. The fraction of sp³-hybridized carbons (Fsp3) is 0.667. The lowest BCUT2D eigenvalue weighted by molar-refractivity contribution is 0.183. The van der Waals surface area contributed by atoms with Crippen molar-refractivity contribution in [2.24, 2.45) is 11.7 Å². The molecule has 21 heavy (non-hydrogen) atoms. The van der Waals surface area contributed by atoms with E-state index in [1.807, 2.05) is 12.1 Å². The summed E-state index contributed by atoms with van der Waals surface area (Å²) in [6, 6.07) is 8.73. The predicted molar refractivity (Wildman–Crippen MR) is 88.5 cm³/mol. The molecule has 0 aromatic heterocycles. The minimum Gasteiger partial charge on any atom is -0.496 e. The van der Waals surface area contributed by atoms with Gasteiger partial charge in [-0.05, 0) is 25.5 Å². The van der Waals surface area contributed by atoms with Crippen LogP contribution >= 0.6 is 0 Å². The quantitative estimate of drug-likeness (QED) is 0.836. The highest BCUT2D eigenvalue weighted by Gasteiger charge is 2.21. The Hall–Kier alpha value is -1.06. The summed E-state index contributed by atoms with van der Waals surface area (Å²) in [7, 11) is 3.92. The second kappa shape index (κ2) is 8.40. The summed E-state index contributed by atoms with van der Waals surface area (Å²) in [4.78, 5) is 2.40. The minimum absolute atomic E-state index is 0.470. The molecule has 0 saturated heterocycles. The van der Waals surface area contributed by atoms with Crippen molar-refractivity contribution in [2.45, 2.75) is 51.1 Å². The summed E-state index contributed by atoms with van der Waals surface area (Å²) in [6.07, 6.45) is 8.23. The lowest BCUT2D eigenvalue weighted by Crippen LogP contribution is -2.39. The van der Waals surface area contributed by atoms with Crippen molar-refractivity contribution in [2.75, 3.05) is 20.7 Å². The van der Waals surface area contributed by atoms with Gasteiger partial charge in [0.25, 0.3) is 0 Å². The molecule has 0 spiro atoms. The molecule has 1 saturated carbocycles. The van der Waals surface area contributed by atoms with Crippen molar-refractivity contribution in [1.82, 2.24) is 4.90 Å². The van der Waals surface area contributed by atoms with Crippen LogP contribution in [0.2, 0.25) is 0 Å². The highest BCUT2D eigenvalue weighted by molar-refractivity contribution is 5.33. The van der Waals surface area contributed by atoms with Crippen LogP contribution in [-0.2, 0) is 6.54 Å². The van der Waals surface area contributed by atoms with E-state index in [0.717, 1.165) is 24.8 Å². The van der Waals surface area contributed by atoms with Gasteiger partial charge in [-0.25, -0.2) is 0 Å². The topological polar surface area (TPSA) is 38.5 Å². The molecule has 0 amide bonds. The number of hydrogen-bond acceptors (Lipinski definition) is 3. The van der Waals surface area contributed by atoms with Gasteiger partial charge in [-0.3, -0.25) is 4.90 Å². The summed E-state index contributed by atoms with van der Waals surface area (Å²) in [6.45, 7) is 1.64. The Balaban J connectivity index is 1.94. The molecule has 1 fully saturated rings. The van der Waals surface area contributed by atoms with E-state index < -0.39 is 0 Å². The van der Waals surface area contributed by atoms with Crippen LogP contribution in [0.1, 0.15) is 44.1 Å². The van der Waals surface area contributed by atoms with Crippen LogP contribution in [-0.4, -0.2) is 31.6 Å². The maximum atomic E-state index is 6.04. The second-order valence-corrected chi connectivity index (χ2v) is 6.36. The minimum atomic E-state index is 0.470. The lowest BCUT2D eigenvalue weighted by Gasteiger charge is -2.32. The number of hydrogen-bond donors (Lipinski definition) is 1. The lowest BCUT2D eigenvalue weighted by atomic mass is 9.84. The fourth-order valence-corrected chi connectivity index (χ4v) is 3.50. The molecule has 1 aromatic rings. The molecule has 2 rings (SSSR count). The Morgan fingerprint density at radius 3 is 2.62 bits per heavy atom. The van der Waals surface area contributed by atoms with Crippen LogP contribution in [0, 0.1) is 5.92 Å². The van der Waals surface area contributed by atoms with E-state index in [-0.39, 0.29) is 0 Å². The third-order valence-electron chi connectivity index (χ3n) is 4.84. The first-order valence-electron chi connectivity index (χ1n) is 8.26. The first-order valence-corrected chi connectivity index (χ1v) is 8.26. The molecule has 0 radical (unpaired) electrons. The van der Waals surface area contributed by atoms with E-state index in [9.17, 15) is 0 Å². The van der Waals surface area contributed by atoms with Gasteiger partial charge in [0.1, 0.15) is 5.75 Å². The maximum absolute atomic E-state index is 6.04. The molecule has 0 heterocycles. The molecular formula is C18H30N2O. The van der Waals surface area contributed by atoms with E-state index in [0.29, 0.717) is 6.04 Å². The van der Waals surface area contributed by atoms with E-state index in [1.54, 1.807) is 7.11 Å². The van der Waals surface area contributed by atoms with Crippen LogP contribution in [0.5, 0.6) is 5.75 Å². The van der Waals surface area contributed by atoms with Crippen molar-refractivity contribution in [1.29, 1.82) is 0 Å². The third kappa shape index (κ3) is 4.72. The van der Waals surface area contributed by atoms with Crippen molar-refractivity contribution in [3.63, 3.8) is 0 Å². The molecule has 3 heteroatoms. The van der Waals surface area contributed by atoms with Gasteiger partial charge in [-0.15, -0.1) is 0 Å². The zero-order valence-corrected chi connectivity index (χ0v) is 13.6. The number of methoxy groups -OCH3 is 1.